The van der Waals surface area contributed by atoms with Gasteiger partial charge in [-0.2, -0.15) is 0 Å². The molecular formula is C8H10O3. The van der Waals surface area contributed by atoms with Crippen LogP contribution in [0.1, 0.15) is 19.3 Å². The van der Waals surface area contributed by atoms with Crippen molar-refractivity contribution in [1.82, 2.24) is 0 Å². The van der Waals surface area contributed by atoms with E-state index in [2.05, 4.69) is 0 Å². The normalized spacial score (nSPS) is 22.5. The van der Waals surface area contributed by atoms with Gasteiger partial charge >= 0.3 is 5.97 Å². The molecule has 0 aromatic heterocycles. The van der Waals surface area contributed by atoms with E-state index in [0.29, 0.717) is 12.8 Å². The maximum Gasteiger partial charge on any atom is 0.303 e. The molecule has 0 radical (unpaired) electrons. The number of carbonyl (C=O) groups is 2. The minimum atomic E-state index is -0.829. The number of ketones is 1. The Labute approximate surface area is 64.7 Å². The molecule has 0 aromatic carbocycles. The van der Waals surface area contributed by atoms with Crippen LogP contribution in [0, 0.1) is 5.92 Å². The second kappa shape index (κ2) is 3.32. The van der Waals surface area contributed by atoms with Gasteiger partial charge in [-0.15, -0.1) is 0 Å². The fourth-order valence-corrected chi connectivity index (χ4v) is 1.16. The van der Waals surface area contributed by atoms with Gasteiger partial charge in [0.25, 0.3) is 0 Å². The van der Waals surface area contributed by atoms with Crippen LogP contribution in [0.3, 0.4) is 0 Å². The van der Waals surface area contributed by atoms with E-state index in [1.165, 1.54) is 6.08 Å². The summed E-state index contributed by atoms with van der Waals surface area (Å²) in [5.41, 5.74) is 0. The van der Waals surface area contributed by atoms with Gasteiger partial charge in [-0.3, -0.25) is 9.59 Å². The van der Waals surface area contributed by atoms with E-state index in [1.54, 1.807) is 6.08 Å². The summed E-state index contributed by atoms with van der Waals surface area (Å²) in [6.07, 6.45) is 4.62. The summed E-state index contributed by atoms with van der Waals surface area (Å²) < 4.78 is 0. The summed E-state index contributed by atoms with van der Waals surface area (Å²) in [5.74, 6) is -0.818. The van der Waals surface area contributed by atoms with Crippen molar-refractivity contribution in [3.8, 4) is 0 Å². The number of carboxylic acids is 1. The molecule has 0 amide bonds. The Kier molecular flexibility index (Phi) is 2.41. The molecule has 0 fully saturated rings. The fraction of sp³-hybridized carbons (Fsp3) is 0.500. The Morgan fingerprint density at radius 3 is 2.91 bits per heavy atom. The quantitative estimate of drug-likeness (QED) is 0.659. The maximum atomic E-state index is 10.9. The first-order valence-electron chi connectivity index (χ1n) is 3.62. The highest BCUT2D eigenvalue weighted by Gasteiger charge is 2.19. The molecule has 3 nitrogen and oxygen atoms in total. The molecule has 11 heavy (non-hydrogen) atoms. The van der Waals surface area contributed by atoms with Crippen LogP contribution in [0.2, 0.25) is 0 Å². The molecule has 0 bridgehead atoms. The highest BCUT2D eigenvalue weighted by Crippen LogP contribution is 2.19. The minimum Gasteiger partial charge on any atom is -0.481 e. The van der Waals surface area contributed by atoms with Crippen molar-refractivity contribution in [2.24, 2.45) is 5.92 Å². The topological polar surface area (TPSA) is 54.4 Å². The smallest absolute Gasteiger partial charge is 0.303 e. The van der Waals surface area contributed by atoms with E-state index in [4.69, 9.17) is 5.11 Å². The van der Waals surface area contributed by atoms with Crippen molar-refractivity contribution in [1.29, 1.82) is 0 Å². The lowest BCUT2D eigenvalue weighted by Crippen LogP contribution is -2.08. The molecular weight excluding hydrogens is 144 g/mol. The predicted molar refractivity (Wildman–Crippen MR) is 39.1 cm³/mol. The lowest BCUT2D eigenvalue weighted by Gasteiger charge is -2.03. The van der Waals surface area contributed by atoms with Crippen molar-refractivity contribution in [2.75, 3.05) is 0 Å². The average molecular weight is 154 g/mol. The highest BCUT2D eigenvalue weighted by molar-refractivity contribution is 5.94. The Morgan fingerprint density at radius 2 is 2.45 bits per heavy atom. The number of carboxylic acid groups (broad SMARTS) is 1. The third-order valence-corrected chi connectivity index (χ3v) is 1.81. The standard InChI is InChI=1S/C8H10O3/c9-7-3-1-2-6(7)4-5-8(10)11/h1,3,6H,2,4-5H2,(H,10,11). The molecule has 0 saturated heterocycles. The van der Waals surface area contributed by atoms with Crippen molar-refractivity contribution < 1.29 is 14.7 Å². The fourth-order valence-electron chi connectivity index (χ4n) is 1.16. The van der Waals surface area contributed by atoms with Gasteiger partial charge in [-0.25, -0.2) is 0 Å². The summed E-state index contributed by atoms with van der Waals surface area (Å²) >= 11 is 0. The maximum absolute atomic E-state index is 10.9. The van der Waals surface area contributed by atoms with Crippen LogP contribution in [0.5, 0.6) is 0 Å². The third kappa shape index (κ3) is 2.18. The highest BCUT2D eigenvalue weighted by atomic mass is 16.4. The third-order valence-electron chi connectivity index (χ3n) is 1.81. The van der Waals surface area contributed by atoms with E-state index in [1.807, 2.05) is 0 Å². The first-order chi connectivity index (χ1) is 5.20. The van der Waals surface area contributed by atoms with E-state index in [9.17, 15) is 9.59 Å². The summed E-state index contributed by atoms with van der Waals surface area (Å²) in [6, 6.07) is 0. The molecule has 1 aliphatic rings. The van der Waals surface area contributed by atoms with E-state index in [-0.39, 0.29) is 18.1 Å². The molecule has 0 heterocycles. The van der Waals surface area contributed by atoms with Gasteiger partial charge in [0.15, 0.2) is 5.78 Å². The van der Waals surface area contributed by atoms with Gasteiger partial charge in [0, 0.05) is 12.3 Å². The van der Waals surface area contributed by atoms with Crippen LogP contribution in [0.15, 0.2) is 12.2 Å². The Bertz CT molecular complexity index is 205. The average Bonchev–Trinajstić information content (AvgIpc) is 2.31. The Hall–Kier alpha value is -1.12. The number of hydrogen-bond acceptors (Lipinski definition) is 2. The molecule has 1 N–H and O–H groups in total. The zero-order valence-electron chi connectivity index (χ0n) is 6.12. The van der Waals surface area contributed by atoms with Gasteiger partial charge in [0.05, 0.1) is 0 Å². The molecule has 0 spiro atoms. The van der Waals surface area contributed by atoms with Gasteiger partial charge in [-0.05, 0) is 18.9 Å². The van der Waals surface area contributed by atoms with Gasteiger partial charge in [0.1, 0.15) is 0 Å². The van der Waals surface area contributed by atoms with Crippen LogP contribution >= 0.6 is 0 Å². The van der Waals surface area contributed by atoms with E-state index in [0.717, 1.165) is 0 Å². The van der Waals surface area contributed by atoms with Crippen molar-refractivity contribution >= 4 is 11.8 Å². The molecule has 0 aromatic rings. The molecule has 1 aliphatic carbocycles. The van der Waals surface area contributed by atoms with Gasteiger partial charge in [0.2, 0.25) is 0 Å². The van der Waals surface area contributed by atoms with Crippen molar-refractivity contribution in [3.05, 3.63) is 12.2 Å². The lowest BCUT2D eigenvalue weighted by atomic mass is 10.0. The number of carbonyl (C=O) groups excluding carboxylic acids is 1. The van der Waals surface area contributed by atoms with Gasteiger partial charge < -0.3 is 5.11 Å². The molecule has 1 atom stereocenters. The van der Waals surface area contributed by atoms with Crippen LogP contribution in [0.4, 0.5) is 0 Å². The SMILES string of the molecule is O=C(O)CCC1CC=CC1=O. The summed E-state index contributed by atoms with van der Waals surface area (Å²) in [6.45, 7) is 0. The first-order valence-corrected chi connectivity index (χ1v) is 3.62. The number of rotatable bonds is 3. The Morgan fingerprint density at radius 1 is 1.73 bits per heavy atom. The monoisotopic (exact) mass is 154 g/mol. The second-order valence-corrected chi connectivity index (χ2v) is 2.67. The predicted octanol–water partition coefficient (Wildman–Crippen LogP) is 0.996. The summed E-state index contributed by atoms with van der Waals surface area (Å²) in [5, 5.41) is 8.33. The largest absolute Gasteiger partial charge is 0.481 e. The zero-order chi connectivity index (χ0) is 8.27. The van der Waals surface area contributed by atoms with E-state index < -0.39 is 5.97 Å². The van der Waals surface area contributed by atoms with Gasteiger partial charge in [-0.1, -0.05) is 6.08 Å². The molecule has 60 valence electrons. The zero-order valence-corrected chi connectivity index (χ0v) is 6.12. The van der Waals surface area contributed by atoms with Crippen LogP contribution in [0.25, 0.3) is 0 Å². The van der Waals surface area contributed by atoms with Crippen LogP contribution < -0.4 is 0 Å². The lowest BCUT2D eigenvalue weighted by molar-refractivity contribution is -0.137. The summed E-state index contributed by atoms with van der Waals surface area (Å²) in [7, 11) is 0. The molecule has 3 heteroatoms. The van der Waals surface area contributed by atoms with Crippen LogP contribution in [-0.4, -0.2) is 16.9 Å². The van der Waals surface area contributed by atoms with E-state index >= 15 is 0 Å². The summed E-state index contributed by atoms with van der Waals surface area (Å²) in [4.78, 5) is 21.0. The molecule has 0 saturated carbocycles. The second-order valence-electron chi connectivity index (χ2n) is 2.67. The first kappa shape index (κ1) is 7.98. The number of hydrogen-bond donors (Lipinski definition) is 1. The molecule has 1 rings (SSSR count). The number of aliphatic carboxylic acids is 1. The van der Waals surface area contributed by atoms with Crippen molar-refractivity contribution in [2.45, 2.75) is 19.3 Å². The number of allylic oxidation sites excluding steroid dienone is 2. The van der Waals surface area contributed by atoms with Crippen LogP contribution in [-0.2, 0) is 9.59 Å². The minimum absolute atomic E-state index is 0.0638. The Balaban J connectivity index is 2.28. The molecule has 1 unspecified atom stereocenters. The van der Waals surface area contributed by atoms with Crippen molar-refractivity contribution in [3.63, 3.8) is 0 Å². The molecule has 0 aliphatic heterocycles.